The van der Waals surface area contributed by atoms with Crippen molar-refractivity contribution in [3.63, 3.8) is 0 Å². The summed E-state index contributed by atoms with van der Waals surface area (Å²) >= 11 is 0. The van der Waals surface area contributed by atoms with Gasteiger partial charge in [0.1, 0.15) is 0 Å². The number of aromatic nitrogens is 2. The molecule has 0 atom stereocenters. The van der Waals surface area contributed by atoms with Gasteiger partial charge < -0.3 is 9.80 Å². The lowest BCUT2D eigenvalue weighted by Crippen LogP contribution is -2.28. The maximum absolute atomic E-state index is 11.1. The number of anilines is 1. The Hall–Kier alpha value is -2.14. The smallest absolute Gasteiger partial charge is 0.264 e. The van der Waals surface area contributed by atoms with E-state index in [0.717, 1.165) is 24.3 Å². The van der Waals surface area contributed by atoms with E-state index in [0.29, 0.717) is 0 Å². The minimum atomic E-state index is -0.185. The summed E-state index contributed by atoms with van der Waals surface area (Å²) in [5.41, 5.74) is 4.01. The first-order valence-corrected chi connectivity index (χ1v) is 7.00. The molecule has 0 radical (unpaired) electrons. The van der Waals surface area contributed by atoms with Crippen molar-refractivity contribution in [1.82, 2.24) is 15.1 Å². The first-order chi connectivity index (χ1) is 9.97. The molecule has 0 amide bonds. The number of nitrogens with one attached hydrogen (secondary N) is 1. The van der Waals surface area contributed by atoms with Crippen molar-refractivity contribution in [2.75, 3.05) is 39.1 Å². The van der Waals surface area contributed by atoms with Gasteiger partial charge in [0.05, 0.1) is 5.69 Å². The molecule has 5 heteroatoms. The lowest BCUT2D eigenvalue weighted by molar-refractivity contribution is 0.416. The molecule has 0 saturated carbocycles. The molecule has 1 aromatic heterocycles. The van der Waals surface area contributed by atoms with Crippen LogP contribution in [0.3, 0.4) is 0 Å². The molecule has 0 aliphatic heterocycles. The number of hydrogen-bond donors (Lipinski definition) is 1. The van der Waals surface area contributed by atoms with E-state index in [-0.39, 0.29) is 5.56 Å². The molecule has 0 bridgehead atoms. The van der Waals surface area contributed by atoms with Gasteiger partial charge in [0.2, 0.25) is 0 Å². The van der Waals surface area contributed by atoms with Gasteiger partial charge in [-0.25, -0.2) is 5.10 Å². The molecular formula is C16H22N4O. The number of aromatic amines is 1. The number of rotatable bonds is 5. The third-order valence-corrected chi connectivity index (χ3v) is 3.47. The van der Waals surface area contributed by atoms with E-state index in [1.54, 1.807) is 6.07 Å². The van der Waals surface area contributed by atoms with Gasteiger partial charge in [-0.1, -0.05) is 6.07 Å². The van der Waals surface area contributed by atoms with Crippen LogP contribution in [0, 0.1) is 6.92 Å². The number of nitrogens with zero attached hydrogens (tertiary/aromatic N) is 3. The zero-order valence-corrected chi connectivity index (χ0v) is 13.1. The highest BCUT2D eigenvalue weighted by molar-refractivity contribution is 5.65. The number of hydrogen-bond acceptors (Lipinski definition) is 4. The molecule has 0 aliphatic carbocycles. The van der Waals surface area contributed by atoms with Crippen LogP contribution in [0.5, 0.6) is 0 Å². The van der Waals surface area contributed by atoms with Crippen LogP contribution in [0.4, 0.5) is 5.69 Å². The molecule has 1 aromatic carbocycles. The fourth-order valence-corrected chi connectivity index (χ4v) is 2.22. The van der Waals surface area contributed by atoms with Gasteiger partial charge >= 0.3 is 0 Å². The third kappa shape index (κ3) is 3.92. The zero-order chi connectivity index (χ0) is 15.4. The fourth-order valence-electron chi connectivity index (χ4n) is 2.22. The third-order valence-electron chi connectivity index (χ3n) is 3.47. The number of H-pyrrole nitrogens is 1. The topological polar surface area (TPSA) is 52.2 Å². The monoisotopic (exact) mass is 286 g/mol. The summed E-state index contributed by atoms with van der Waals surface area (Å²) in [6.45, 7) is 4.08. The molecule has 0 unspecified atom stereocenters. The maximum atomic E-state index is 11.1. The SMILES string of the molecule is Cc1cc(-c2ccc(=O)[nH]n2)ccc1N(C)CCN(C)C. The zero-order valence-electron chi connectivity index (χ0n) is 13.1. The molecule has 2 rings (SSSR count). The van der Waals surface area contributed by atoms with Crippen LogP contribution in [0.2, 0.25) is 0 Å². The Kier molecular flexibility index (Phi) is 4.75. The average molecular weight is 286 g/mol. The Morgan fingerprint density at radius 1 is 1.10 bits per heavy atom. The second-order valence-electron chi connectivity index (χ2n) is 5.53. The standard InChI is InChI=1S/C16H22N4O/c1-12-11-13(14-6-8-16(21)18-17-14)5-7-15(12)20(4)10-9-19(2)3/h5-8,11H,9-10H2,1-4H3,(H,18,21). The van der Waals surface area contributed by atoms with Gasteiger partial charge in [-0.3, -0.25) is 4.79 Å². The summed E-state index contributed by atoms with van der Waals surface area (Å²) in [6.07, 6.45) is 0. The van der Waals surface area contributed by atoms with Crippen molar-refractivity contribution in [2.45, 2.75) is 6.92 Å². The fraction of sp³-hybridized carbons (Fsp3) is 0.375. The Morgan fingerprint density at radius 3 is 2.43 bits per heavy atom. The van der Waals surface area contributed by atoms with Crippen LogP contribution in [0.15, 0.2) is 35.1 Å². The summed E-state index contributed by atoms with van der Waals surface area (Å²) in [4.78, 5) is 15.5. The molecule has 5 nitrogen and oxygen atoms in total. The highest BCUT2D eigenvalue weighted by atomic mass is 16.1. The molecule has 0 spiro atoms. The molecule has 1 N–H and O–H groups in total. The quantitative estimate of drug-likeness (QED) is 0.909. The average Bonchev–Trinajstić information content (AvgIpc) is 2.45. The van der Waals surface area contributed by atoms with Crippen molar-refractivity contribution >= 4 is 5.69 Å². The van der Waals surface area contributed by atoms with Crippen LogP contribution >= 0.6 is 0 Å². The molecular weight excluding hydrogens is 264 g/mol. The first-order valence-electron chi connectivity index (χ1n) is 7.00. The summed E-state index contributed by atoms with van der Waals surface area (Å²) < 4.78 is 0. The summed E-state index contributed by atoms with van der Waals surface area (Å²) in [7, 11) is 6.25. The number of aryl methyl sites for hydroxylation is 1. The van der Waals surface area contributed by atoms with E-state index >= 15 is 0 Å². The Balaban J connectivity index is 2.21. The molecule has 2 aromatic rings. The highest BCUT2D eigenvalue weighted by Gasteiger charge is 2.07. The van der Waals surface area contributed by atoms with E-state index < -0.39 is 0 Å². The number of likely N-dealkylation sites (N-methyl/N-ethyl adjacent to an activating group) is 2. The van der Waals surface area contributed by atoms with Crippen molar-refractivity contribution in [3.8, 4) is 11.3 Å². The predicted octanol–water partition coefficient (Wildman–Crippen LogP) is 1.74. The Bertz CT molecular complexity index is 643. The minimum absolute atomic E-state index is 0.185. The van der Waals surface area contributed by atoms with E-state index in [4.69, 9.17) is 0 Å². The summed E-state index contributed by atoms with van der Waals surface area (Å²) in [5.74, 6) is 0. The lowest BCUT2D eigenvalue weighted by atomic mass is 10.1. The van der Waals surface area contributed by atoms with Crippen LogP contribution in [-0.4, -0.2) is 49.3 Å². The second-order valence-corrected chi connectivity index (χ2v) is 5.53. The van der Waals surface area contributed by atoms with Crippen molar-refractivity contribution in [1.29, 1.82) is 0 Å². The predicted molar refractivity (Wildman–Crippen MR) is 86.9 cm³/mol. The molecule has 0 aliphatic rings. The largest absolute Gasteiger partial charge is 0.373 e. The summed E-state index contributed by atoms with van der Waals surface area (Å²) in [6, 6.07) is 9.47. The van der Waals surface area contributed by atoms with Crippen molar-refractivity contribution in [2.24, 2.45) is 0 Å². The molecule has 0 fully saturated rings. The van der Waals surface area contributed by atoms with Gasteiger partial charge in [0, 0.05) is 37.5 Å². The van der Waals surface area contributed by atoms with E-state index in [9.17, 15) is 4.79 Å². The van der Waals surface area contributed by atoms with Crippen molar-refractivity contribution in [3.05, 3.63) is 46.2 Å². The minimum Gasteiger partial charge on any atom is -0.373 e. The molecule has 1 heterocycles. The van der Waals surface area contributed by atoms with E-state index in [1.807, 2.05) is 6.07 Å². The lowest BCUT2D eigenvalue weighted by Gasteiger charge is -2.23. The highest BCUT2D eigenvalue weighted by Crippen LogP contribution is 2.24. The molecule has 21 heavy (non-hydrogen) atoms. The normalized spacial score (nSPS) is 10.9. The van der Waals surface area contributed by atoms with Crippen LogP contribution in [0.1, 0.15) is 5.56 Å². The maximum Gasteiger partial charge on any atom is 0.264 e. The molecule has 0 saturated heterocycles. The van der Waals surface area contributed by atoms with Crippen molar-refractivity contribution < 1.29 is 0 Å². The van der Waals surface area contributed by atoms with Gasteiger partial charge in [-0.2, -0.15) is 5.10 Å². The van der Waals surface area contributed by atoms with E-state index in [1.165, 1.54) is 17.3 Å². The van der Waals surface area contributed by atoms with Crippen LogP contribution in [0.25, 0.3) is 11.3 Å². The van der Waals surface area contributed by atoms with Gasteiger partial charge in [0.25, 0.3) is 5.56 Å². The second kappa shape index (κ2) is 6.54. The van der Waals surface area contributed by atoms with Gasteiger partial charge in [-0.05, 0) is 44.8 Å². The van der Waals surface area contributed by atoms with Crippen LogP contribution in [-0.2, 0) is 0 Å². The Labute approximate surface area is 125 Å². The van der Waals surface area contributed by atoms with Gasteiger partial charge in [0.15, 0.2) is 0 Å². The van der Waals surface area contributed by atoms with Crippen LogP contribution < -0.4 is 10.5 Å². The first kappa shape index (κ1) is 15.3. The van der Waals surface area contributed by atoms with E-state index in [2.05, 4.69) is 60.2 Å². The molecule has 112 valence electrons. The van der Waals surface area contributed by atoms with Gasteiger partial charge in [-0.15, -0.1) is 0 Å². The summed E-state index contributed by atoms with van der Waals surface area (Å²) in [5, 5.41) is 6.53. The number of benzene rings is 1. The Morgan fingerprint density at radius 2 is 1.86 bits per heavy atom.